The molecule has 9 heteroatoms. The second kappa shape index (κ2) is 7.06. The van der Waals surface area contributed by atoms with E-state index in [4.69, 9.17) is 21.4 Å². The van der Waals surface area contributed by atoms with Crippen LogP contribution >= 0.6 is 11.6 Å². The zero-order valence-electron chi connectivity index (χ0n) is 10.9. The Bertz CT molecular complexity index is 424. The van der Waals surface area contributed by atoms with Gasteiger partial charge in [0.05, 0.1) is 0 Å². The number of hydrogen-bond acceptors (Lipinski definition) is 6. The fourth-order valence-electron chi connectivity index (χ4n) is 1.03. The molecule has 0 aliphatic heterocycles. The quantitative estimate of drug-likeness (QED) is 0.426. The smallest absolute Gasteiger partial charge is 0.337 e. The summed E-state index contributed by atoms with van der Waals surface area (Å²) in [7, 11) is -4.10. The van der Waals surface area contributed by atoms with E-state index in [0.717, 1.165) is 0 Å². The Labute approximate surface area is 117 Å². The predicted molar refractivity (Wildman–Crippen MR) is 67.2 cm³/mol. The average Bonchev–Trinajstić information content (AvgIpc) is 2.21. The lowest BCUT2D eigenvalue weighted by Gasteiger charge is -2.23. The molecule has 1 N–H and O–H groups in total. The van der Waals surface area contributed by atoms with E-state index < -0.39 is 45.4 Å². The summed E-state index contributed by atoms with van der Waals surface area (Å²) in [6.45, 7) is 4.78. The van der Waals surface area contributed by atoms with Crippen LogP contribution in [0.3, 0.4) is 0 Å². The third kappa shape index (κ3) is 8.79. The van der Waals surface area contributed by atoms with Crippen molar-refractivity contribution < 1.29 is 32.0 Å². The molecule has 112 valence electrons. The van der Waals surface area contributed by atoms with Crippen molar-refractivity contribution in [1.29, 1.82) is 0 Å². The molecule has 0 radical (unpaired) electrons. The Morgan fingerprint density at radius 2 is 1.84 bits per heavy atom. The predicted octanol–water partition coefficient (Wildman–Crippen LogP) is 1.10. The second-order valence-electron chi connectivity index (χ2n) is 4.72. The van der Waals surface area contributed by atoms with E-state index in [0.29, 0.717) is 0 Å². The molecule has 0 spiro atoms. The molecule has 0 aliphatic rings. The first-order valence-electron chi connectivity index (χ1n) is 5.38. The summed E-state index contributed by atoms with van der Waals surface area (Å²) in [4.78, 5) is 22.2. The number of esters is 1. The lowest BCUT2D eigenvalue weighted by atomic mass is 10.1. The molecule has 1 unspecified atom stereocenters. The molecule has 0 rings (SSSR count). The topological polar surface area (TPSA) is 107 Å². The summed E-state index contributed by atoms with van der Waals surface area (Å²) in [6.07, 6.45) is -2.26. The Morgan fingerprint density at radius 3 is 2.21 bits per heavy atom. The van der Waals surface area contributed by atoms with Crippen molar-refractivity contribution in [3.8, 4) is 0 Å². The van der Waals surface area contributed by atoms with Crippen LogP contribution in [0.25, 0.3) is 0 Å². The Kier molecular flexibility index (Phi) is 6.74. The Morgan fingerprint density at radius 1 is 1.32 bits per heavy atom. The van der Waals surface area contributed by atoms with Gasteiger partial charge in [0, 0.05) is 6.42 Å². The molecule has 0 aromatic carbocycles. The normalized spacial score (nSPS) is 13.9. The molecule has 0 fully saturated rings. The molecule has 0 saturated carbocycles. The van der Waals surface area contributed by atoms with Crippen molar-refractivity contribution >= 4 is 33.7 Å². The van der Waals surface area contributed by atoms with Crippen LogP contribution in [-0.4, -0.2) is 42.4 Å². The second-order valence-corrected chi connectivity index (χ2v) is 6.90. The van der Waals surface area contributed by atoms with Crippen LogP contribution in [0.4, 0.5) is 0 Å². The summed E-state index contributed by atoms with van der Waals surface area (Å²) in [5, 5.41) is 7.72. The molecule has 0 aromatic rings. The summed E-state index contributed by atoms with van der Waals surface area (Å²) in [5.74, 6) is -2.12. The number of carbonyl (C=O) groups excluding carboxylic acids is 1. The molecular formula is C10H17ClO7S. The highest BCUT2D eigenvalue weighted by molar-refractivity contribution is 7.87. The number of carboxylic acid groups (broad SMARTS) is 1. The third-order valence-corrected chi connectivity index (χ3v) is 3.28. The van der Waals surface area contributed by atoms with Gasteiger partial charge in [-0.3, -0.25) is 8.98 Å². The third-order valence-electron chi connectivity index (χ3n) is 1.69. The maximum Gasteiger partial charge on any atom is 0.337 e. The SMILES string of the molecule is CC(C)(C)OC(=O)C(CCC(=O)O)OS(=O)(=O)CCl. The highest BCUT2D eigenvalue weighted by Crippen LogP contribution is 2.15. The highest BCUT2D eigenvalue weighted by Gasteiger charge is 2.30. The van der Waals surface area contributed by atoms with Crippen LogP contribution in [0.15, 0.2) is 0 Å². The van der Waals surface area contributed by atoms with Crippen LogP contribution < -0.4 is 0 Å². The van der Waals surface area contributed by atoms with Gasteiger partial charge in [-0.1, -0.05) is 0 Å². The average molecular weight is 317 g/mol. The first-order chi connectivity index (χ1) is 8.47. The van der Waals surface area contributed by atoms with Crippen molar-refractivity contribution in [2.24, 2.45) is 0 Å². The molecule has 19 heavy (non-hydrogen) atoms. The zero-order chi connectivity index (χ0) is 15.3. The minimum absolute atomic E-state index is 0.319. The van der Waals surface area contributed by atoms with Crippen LogP contribution in [0.1, 0.15) is 33.6 Å². The molecule has 0 bridgehead atoms. The number of rotatable bonds is 7. The minimum atomic E-state index is -4.10. The molecule has 0 heterocycles. The lowest BCUT2D eigenvalue weighted by Crippen LogP contribution is -2.35. The standard InChI is InChI=1S/C10H17ClO7S/c1-10(2,3)17-9(14)7(4-5-8(12)13)18-19(15,16)6-11/h7H,4-6H2,1-3H3,(H,12,13). The molecule has 1 atom stereocenters. The number of ether oxygens (including phenoxy) is 1. The largest absolute Gasteiger partial charge is 0.481 e. The van der Waals surface area contributed by atoms with Crippen molar-refractivity contribution in [1.82, 2.24) is 0 Å². The number of aliphatic carboxylic acids is 1. The van der Waals surface area contributed by atoms with E-state index in [1.807, 2.05) is 0 Å². The van der Waals surface area contributed by atoms with Gasteiger partial charge in [0.1, 0.15) is 10.8 Å². The first kappa shape index (κ1) is 18.1. The van der Waals surface area contributed by atoms with Gasteiger partial charge in [0.15, 0.2) is 6.10 Å². The Balaban J connectivity index is 4.85. The van der Waals surface area contributed by atoms with Crippen LogP contribution in [-0.2, 0) is 28.6 Å². The number of halogens is 1. The van der Waals surface area contributed by atoms with E-state index in [1.54, 1.807) is 20.8 Å². The number of carboxylic acids is 1. The van der Waals surface area contributed by atoms with Gasteiger partial charge in [-0.25, -0.2) is 4.79 Å². The number of hydrogen-bond donors (Lipinski definition) is 1. The Hall–Kier alpha value is -0.860. The van der Waals surface area contributed by atoms with Crippen LogP contribution in [0.2, 0.25) is 0 Å². The molecule has 0 saturated heterocycles. The fraction of sp³-hybridized carbons (Fsp3) is 0.800. The molecular weight excluding hydrogens is 300 g/mol. The van der Waals surface area contributed by atoms with Crippen LogP contribution in [0.5, 0.6) is 0 Å². The van der Waals surface area contributed by atoms with Gasteiger partial charge in [0.2, 0.25) is 0 Å². The summed E-state index contributed by atoms with van der Waals surface area (Å²) >= 11 is 5.16. The molecule has 0 amide bonds. The van der Waals surface area contributed by atoms with E-state index in [-0.39, 0.29) is 6.42 Å². The van der Waals surface area contributed by atoms with E-state index >= 15 is 0 Å². The van der Waals surface area contributed by atoms with E-state index in [9.17, 15) is 18.0 Å². The van der Waals surface area contributed by atoms with E-state index in [1.165, 1.54) is 0 Å². The zero-order valence-corrected chi connectivity index (χ0v) is 12.5. The molecule has 0 aromatic heterocycles. The number of carbonyl (C=O) groups is 2. The molecule has 0 aliphatic carbocycles. The van der Waals surface area contributed by atoms with Gasteiger partial charge >= 0.3 is 11.9 Å². The minimum Gasteiger partial charge on any atom is -0.481 e. The van der Waals surface area contributed by atoms with Crippen molar-refractivity contribution in [2.75, 3.05) is 5.21 Å². The van der Waals surface area contributed by atoms with Crippen molar-refractivity contribution in [3.63, 3.8) is 0 Å². The molecule has 7 nitrogen and oxygen atoms in total. The number of alkyl halides is 1. The monoisotopic (exact) mass is 316 g/mol. The van der Waals surface area contributed by atoms with Gasteiger partial charge in [-0.15, -0.1) is 11.6 Å². The summed E-state index contributed by atoms with van der Waals surface area (Å²) in [5.41, 5.74) is -0.841. The van der Waals surface area contributed by atoms with Crippen molar-refractivity contribution in [2.45, 2.75) is 45.3 Å². The van der Waals surface area contributed by atoms with Crippen molar-refractivity contribution in [3.05, 3.63) is 0 Å². The lowest BCUT2D eigenvalue weighted by molar-refractivity contribution is -0.163. The van der Waals surface area contributed by atoms with Gasteiger partial charge in [-0.2, -0.15) is 8.42 Å². The van der Waals surface area contributed by atoms with Gasteiger partial charge in [0.25, 0.3) is 10.1 Å². The fourth-order valence-corrected chi connectivity index (χ4v) is 1.76. The maximum atomic E-state index is 11.7. The highest BCUT2D eigenvalue weighted by atomic mass is 35.5. The summed E-state index contributed by atoms with van der Waals surface area (Å²) in [6, 6.07) is 0. The van der Waals surface area contributed by atoms with Gasteiger partial charge in [-0.05, 0) is 27.2 Å². The summed E-state index contributed by atoms with van der Waals surface area (Å²) < 4.78 is 31.9. The maximum absolute atomic E-state index is 11.7. The van der Waals surface area contributed by atoms with E-state index in [2.05, 4.69) is 4.18 Å². The first-order valence-corrected chi connectivity index (χ1v) is 7.49. The van der Waals surface area contributed by atoms with Crippen LogP contribution in [0, 0.1) is 0 Å². The van der Waals surface area contributed by atoms with Gasteiger partial charge < -0.3 is 9.84 Å².